The summed E-state index contributed by atoms with van der Waals surface area (Å²) in [4.78, 5) is 24.1. The fraction of sp³-hybridized carbons (Fsp3) is 0.545. The van der Waals surface area contributed by atoms with Gasteiger partial charge in [0.15, 0.2) is 0 Å². The molecule has 0 fully saturated rings. The fourth-order valence-electron chi connectivity index (χ4n) is 2.26. The first-order valence-electron chi connectivity index (χ1n) is 9.60. The first-order chi connectivity index (χ1) is 13.4. The summed E-state index contributed by atoms with van der Waals surface area (Å²) in [6, 6.07) is 8.78. The molecule has 0 saturated carbocycles. The molecule has 0 spiro atoms. The van der Waals surface area contributed by atoms with Crippen LogP contribution < -0.4 is 5.32 Å². The maximum Gasteiger partial charge on any atom is 0.408 e. The van der Waals surface area contributed by atoms with Gasteiger partial charge in [0, 0.05) is 6.61 Å². The molecular weight excluding hydrogens is 374 g/mol. The lowest BCUT2D eigenvalue weighted by atomic mass is 10.1. The van der Waals surface area contributed by atoms with Crippen LogP contribution in [0.5, 0.6) is 0 Å². The summed E-state index contributed by atoms with van der Waals surface area (Å²) in [5, 5.41) is 12.9. The molecule has 0 heterocycles. The van der Waals surface area contributed by atoms with Gasteiger partial charge >= 0.3 is 12.1 Å². The molecule has 1 atom stereocenters. The Morgan fingerprint density at radius 3 is 2.17 bits per heavy atom. The van der Waals surface area contributed by atoms with E-state index in [-0.39, 0.29) is 18.8 Å². The summed E-state index contributed by atoms with van der Waals surface area (Å²) in [7, 11) is 0. The Bertz CT molecular complexity index is 685. The number of ether oxygens (including phenoxy) is 3. The van der Waals surface area contributed by atoms with Crippen LogP contribution in [0.25, 0.3) is 0 Å². The maximum atomic E-state index is 12.1. The van der Waals surface area contributed by atoms with E-state index in [4.69, 9.17) is 14.2 Å². The van der Waals surface area contributed by atoms with Gasteiger partial charge < -0.3 is 24.6 Å². The van der Waals surface area contributed by atoms with Crippen molar-refractivity contribution in [1.29, 1.82) is 0 Å². The Labute approximate surface area is 173 Å². The van der Waals surface area contributed by atoms with Gasteiger partial charge in [-0.2, -0.15) is 0 Å². The molecule has 162 valence electrons. The molecule has 1 amide bonds. The average molecular weight is 408 g/mol. The summed E-state index contributed by atoms with van der Waals surface area (Å²) in [6.07, 6.45) is 0.511. The SMILES string of the molecule is CC(C)(C)OC(=O)/C=C(\O)[C@@H](CCOCc1ccccc1)NC(=O)OC(C)(C)C. The normalized spacial score (nSPS) is 13.5. The number of hydrogen-bond donors (Lipinski definition) is 2. The van der Waals surface area contributed by atoms with Crippen LogP contribution in [-0.2, 0) is 25.6 Å². The summed E-state index contributed by atoms with van der Waals surface area (Å²) < 4.78 is 16.0. The van der Waals surface area contributed by atoms with Crippen molar-refractivity contribution in [2.75, 3.05) is 6.61 Å². The van der Waals surface area contributed by atoms with E-state index in [2.05, 4.69) is 5.32 Å². The maximum absolute atomic E-state index is 12.1. The van der Waals surface area contributed by atoms with E-state index in [1.165, 1.54) is 0 Å². The molecule has 7 heteroatoms. The number of carbonyl (C=O) groups is 2. The molecule has 0 aliphatic carbocycles. The molecule has 1 aromatic rings. The number of esters is 1. The number of amides is 1. The molecule has 1 rings (SSSR count). The second kappa shape index (κ2) is 10.9. The summed E-state index contributed by atoms with van der Waals surface area (Å²) >= 11 is 0. The third kappa shape index (κ3) is 11.8. The zero-order valence-electron chi connectivity index (χ0n) is 18.2. The molecular formula is C22H33NO6. The lowest BCUT2D eigenvalue weighted by molar-refractivity contribution is -0.148. The van der Waals surface area contributed by atoms with Crippen molar-refractivity contribution in [3.05, 3.63) is 47.7 Å². The molecule has 0 aliphatic rings. The van der Waals surface area contributed by atoms with E-state index in [0.717, 1.165) is 11.6 Å². The Kier molecular flexibility index (Phi) is 9.17. The second-order valence-corrected chi connectivity index (χ2v) is 8.63. The summed E-state index contributed by atoms with van der Waals surface area (Å²) in [6.45, 7) is 11.0. The minimum absolute atomic E-state index is 0.247. The Morgan fingerprint density at radius 1 is 1.03 bits per heavy atom. The first kappa shape index (κ1) is 24.5. The van der Waals surface area contributed by atoms with Crippen molar-refractivity contribution in [1.82, 2.24) is 5.32 Å². The smallest absolute Gasteiger partial charge is 0.408 e. The number of aliphatic hydroxyl groups excluding tert-OH is 1. The van der Waals surface area contributed by atoms with E-state index in [1.54, 1.807) is 41.5 Å². The number of nitrogens with one attached hydrogen (secondary N) is 1. The Morgan fingerprint density at radius 2 is 1.62 bits per heavy atom. The van der Waals surface area contributed by atoms with E-state index in [1.807, 2.05) is 30.3 Å². The van der Waals surface area contributed by atoms with Crippen LogP contribution in [0.4, 0.5) is 4.79 Å². The van der Waals surface area contributed by atoms with Gasteiger partial charge in [0.25, 0.3) is 0 Å². The second-order valence-electron chi connectivity index (χ2n) is 8.63. The lowest BCUT2D eigenvalue weighted by Crippen LogP contribution is -2.41. The van der Waals surface area contributed by atoms with Crippen LogP contribution >= 0.6 is 0 Å². The van der Waals surface area contributed by atoms with E-state index in [9.17, 15) is 14.7 Å². The van der Waals surface area contributed by atoms with Crippen molar-refractivity contribution in [2.24, 2.45) is 0 Å². The fourth-order valence-corrected chi connectivity index (χ4v) is 2.26. The molecule has 2 N–H and O–H groups in total. The number of benzene rings is 1. The first-order valence-corrected chi connectivity index (χ1v) is 9.60. The standard InChI is InChI=1S/C22H33NO6/c1-21(2,3)28-19(25)14-18(24)17(23-20(26)29-22(4,5)6)12-13-27-15-16-10-8-7-9-11-16/h7-11,14,17,24H,12-13,15H2,1-6H3,(H,23,26)/b18-14-/t17-/m1/s1. The number of alkyl carbamates (subject to hydrolysis) is 1. The highest BCUT2D eigenvalue weighted by molar-refractivity contribution is 5.83. The highest BCUT2D eigenvalue weighted by Gasteiger charge is 2.23. The molecule has 0 radical (unpaired) electrons. The third-order valence-corrected chi connectivity index (χ3v) is 3.38. The van der Waals surface area contributed by atoms with Crippen LogP contribution in [0, 0.1) is 0 Å². The molecule has 0 bridgehead atoms. The molecule has 1 aromatic carbocycles. The van der Waals surface area contributed by atoms with Gasteiger partial charge in [-0.3, -0.25) is 0 Å². The molecule has 0 aliphatic heterocycles. The van der Waals surface area contributed by atoms with E-state index in [0.29, 0.717) is 6.61 Å². The van der Waals surface area contributed by atoms with Crippen LogP contribution in [0.2, 0.25) is 0 Å². The van der Waals surface area contributed by atoms with Crippen molar-refractivity contribution in [2.45, 2.75) is 71.8 Å². The van der Waals surface area contributed by atoms with Gasteiger partial charge in [0.05, 0.1) is 18.7 Å². The zero-order valence-corrected chi connectivity index (χ0v) is 18.2. The lowest BCUT2D eigenvalue weighted by Gasteiger charge is -2.24. The minimum atomic E-state index is -0.854. The van der Waals surface area contributed by atoms with Crippen molar-refractivity contribution < 1.29 is 28.9 Å². The predicted molar refractivity (Wildman–Crippen MR) is 110 cm³/mol. The third-order valence-electron chi connectivity index (χ3n) is 3.38. The topological polar surface area (TPSA) is 94.1 Å². The van der Waals surface area contributed by atoms with Gasteiger partial charge in [-0.15, -0.1) is 0 Å². The number of rotatable bonds is 8. The molecule has 0 unspecified atom stereocenters. The van der Waals surface area contributed by atoms with Crippen LogP contribution in [-0.4, -0.2) is 41.0 Å². The highest BCUT2D eigenvalue weighted by Crippen LogP contribution is 2.12. The van der Waals surface area contributed by atoms with Gasteiger partial charge in [-0.1, -0.05) is 30.3 Å². The van der Waals surface area contributed by atoms with Gasteiger partial charge in [0.1, 0.15) is 17.0 Å². The average Bonchev–Trinajstić information content (AvgIpc) is 2.55. The van der Waals surface area contributed by atoms with Crippen LogP contribution in [0.15, 0.2) is 42.2 Å². The quantitative estimate of drug-likeness (QED) is 0.289. The minimum Gasteiger partial charge on any atom is -0.510 e. The highest BCUT2D eigenvalue weighted by atomic mass is 16.6. The molecule has 7 nitrogen and oxygen atoms in total. The summed E-state index contributed by atoms with van der Waals surface area (Å²) in [5.41, 5.74) is -0.373. The van der Waals surface area contributed by atoms with Crippen molar-refractivity contribution in [3.8, 4) is 0 Å². The van der Waals surface area contributed by atoms with Gasteiger partial charge in [-0.25, -0.2) is 9.59 Å². The zero-order chi connectivity index (χ0) is 22.1. The van der Waals surface area contributed by atoms with Gasteiger partial charge in [-0.05, 0) is 53.5 Å². The number of carbonyl (C=O) groups excluding carboxylic acids is 2. The Balaban J connectivity index is 2.73. The molecule has 0 aromatic heterocycles. The molecule has 29 heavy (non-hydrogen) atoms. The van der Waals surface area contributed by atoms with Crippen LogP contribution in [0.1, 0.15) is 53.5 Å². The van der Waals surface area contributed by atoms with Gasteiger partial charge in [0.2, 0.25) is 0 Å². The number of hydrogen-bond acceptors (Lipinski definition) is 6. The monoisotopic (exact) mass is 407 g/mol. The van der Waals surface area contributed by atoms with E-state index >= 15 is 0 Å². The number of aliphatic hydroxyl groups is 1. The largest absolute Gasteiger partial charge is 0.510 e. The summed E-state index contributed by atoms with van der Waals surface area (Å²) in [5.74, 6) is -1.02. The predicted octanol–water partition coefficient (Wildman–Crippen LogP) is 4.27. The van der Waals surface area contributed by atoms with E-state index < -0.39 is 29.3 Å². The van der Waals surface area contributed by atoms with Crippen molar-refractivity contribution in [3.63, 3.8) is 0 Å². The molecule has 0 saturated heterocycles. The Hall–Kier alpha value is -2.54. The van der Waals surface area contributed by atoms with Crippen LogP contribution in [0.3, 0.4) is 0 Å². The van der Waals surface area contributed by atoms with Crippen molar-refractivity contribution >= 4 is 12.1 Å².